The minimum atomic E-state index is -1.85. The zero-order valence-electron chi connectivity index (χ0n) is 23.6. The molecule has 0 amide bonds. The number of aromatic nitrogens is 6. The van der Waals surface area contributed by atoms with Crippen molar-refractivity contribution in [1.29, 1.82) is 0 Å². The van der Waals surface area contributed by atoms with E-state index >= 15 is 0 Å². The summed E-state index contributed by atoms with van der Waals surface area (Å²) in [5, 5.41) is 72.6. The van der Waals surface area contributed by atoms with E-state index in [2.05, 4.69) is 15.3 Å². The molecule has 14 nitrogen and oxygen atoms in total. The van der Waals surface area contributed by atoms with Gasteiger partial charge in [-0.05, 0) is 24.3 Å². The SMILES string of the molecule is Cn1c(-c2cc(F)c(F)c(F)c2)cn1C1[C@@H](O)C(CO)O[C@@H](SC2O[C@H](O)C(O)C(n3cc(-c4ccc(F)cn4)nn3)[C@H]2O)[C@H]1O. The molecular weight excluding hydrogens is 644 g/mol. The minimum Gasteiger partial charge on any atom is -0.394 e. The molecule has 0 spiro atoms. The summed E-state index contributed by atoms with van der Waals surface area (Å²) in [6.07, 6.45) is -5.82. The smallest absolute Gasteiger partial charge is 0.194 e. The van der Waals surface area contributed by atoms with Gasteiger partial charge in [-0.15, -0.1) is 5.10 Å². The summed E-state index contributed by atoms with van der Waals surface area (Å²) in [4.78, 5) is 3.91. The van der Waals surface area contributed by atoms with Gasteiger partial charge in [-0.25, -0.2) is 22.2 Å². The molecule has 248 valence electrons. The van der Waals surface area contributed by atoms with Crippen molar-refractivity contribution >= 4 is 11.8 Å². The molecule has 0 saturated carbocycles. The Morgan fingerprint density at radius 2 is 1.52 bits per heavy atom. The molecule has 1 aromatic carbocycles. The van der Waals surface area contributed by atoms with Gasteiger partial charge in [0.05, 0.1) is 30.4 Å². The predicted octanol–water partition coefficient (Wildman–Crippen LogP) is 0.0546. The second-order valence-corrected chi connectivity index (χ2v) is 12.0. The first-order valence-electron chi connectivity index (χ1n) is 13.8. The number of halogens is 4. The fourth-order valence-corrected chi connectivity index (χ4v) is 6.86. The van der Waals surface area contributed by atoms with E-state index < -0.39 is 89.6 Å². The fourth-order valence-electron chi connectivity index (χ4n) is 5.56. The molecule has 6 N–H and O–H groups in total. The number of hydrogen-bond acceptors (Lipinski definition) is 12. The van der Waals surface area contributed by atoms with Crippen LogP contribution in [0.5, 0.6) is 0 Å². The van der Waals surface area contributed by atoms with Crippen molar-refractivity contribution in [2.45, 2.75) is 59.8 Å². The number of rotatable bonds is 7. The van der Waals surface area contributed by atoms with Gasteiger partial charge in [-0.1, -0.05) is 17.0 Å². The number of ether oxygens (including phenoxy) is 2. The van der Waals surface area contributed by atoms with Crippen molar-refractivity contribution in [3.8, 4) is 22.6 Å². The Morgan fingerprint density at radius 1 is 0.848 bits per heavy atom. The molecule has 2 fully saturated rings. The number of thioether (sulfide) groups is 1. The second-order valence-electron chi connectivity index (χ2n) is 10.8. The Kier molecular flexibility index (Phi) is 8.95. The highest BCUT2D eigenvalue weighted by Crippen LogP contribution is 2.42. The largest absolute Gasteiger partial charge is 0.394 e. The van der Waals surface area contributed by atoms with E-state index in [1.165, 1.54) is 34.9 Å². The van der Waals surface area contributed by atoms with Crippen molar-refractivity contribution in [2.75, 3.05) is 6.61 Å². The van der Waals surface area contributed by atoms with Gasteiger partial charge < -0.3 is 40.1 Å². The summed E-state index contributed by atoms with van der Waals surface area (Å²) < 4.78 is 69.4. The molecule has 2 aliphatic rings. The molecular formula is C27H28F4N6O8S. The molecule has 5 unspecified atom stereocenters. The first kappa shape index (κ1) is 32.5. The lowest BCUT2D eigenvalue weighted by molar-refractivity contribution is -0.244. The average Bonchev–Trinajstić information content (AvgIpc) is 3.51. The van der Waals surface area contributed by atoms with Crippen LogP contribution in [0.4, 0.5) is 17.6 Å². The lowest BCUT2D eigenvalue weighted by Gasteiger charge is -2.47. The first-order chi connectivity index (χ1) is 21.9. The van der Waals surface area contributed by atoms with Crippen LogP contribution in [-0.2, 0) is 16.5 Å². The molecule has 3 aromatic heterocycles. The van der Waals surface area contributed by atoms with Gasteiger partial charge in [0, 0.05) is 18.8 Å². The van der Waals surface area contributed by atoms with E-state index in [4.69, 9.17) is 9.47 Å². The topological polar surface area (TPSA) is 193 Å². The normalized spacial score (nSPS) is 31.8. The van der Waals surface area contributed by atoms with Crippen LogP contribution < -0.4 is 0 Å². The number of pyridine rings is 1. The second kappa shape index (κ2) is 12.7. The van der Waals surface area contributed by atoms with Crippen molar-refractivity contribution in [2.24, 2.45) is 7.05 Å². The molecule has 46 heavy (non-hydrogen) atoms. The lowest BCUT2D eigenvalue weighted by Crippen LogP contribution is -2.58. The van der Waals surface area contributed by atoms with Crippen molar-refractivity contribution in [3.05, 3.63) is 66.1 Å². The Morgan fingerprint density at radius 3 is 2.15 bits per heavy atom. The van der Waals surface area contributed by atoms with E-state index in [1.54, 1.807) is 0 Å². The maximum atomic E-state index is 13.9. The standard InChI is InChI=1S/C27H28F4N6O8S/c1-35-16(10-4-12(29)18(31)13(30)5-10)8-37(35)20-21(39)17(9-38)44-26(24(20)42)46-27-23(41)19(22(40)25(43)45-27)36-7-15(33-34-36)14-3-2-11(28)6-32-14/h2-8,17,19-27,38-43H,9H2,1H3/t17?,19?,20?,21-,22?,23+,24-,25-,26-,27?/m0/s1. The van der Waals surface area contributed by atoms with Crippen molar-refractivity contribution < 1.29 is 57.7 Å². The summed E-state index contributed by atoms with van der Waals surface area (Å²) in [5.41, 5.74) is -2.05. The molecule has 0 bridgehead atoms. The summed E-state index contributed by atoms with van der Waals surface area (Å²) in [6, 6.07) is 1.55. The lowest BCUT2D eigenvalue weighted by atomic mass is 9.96. The molecule has 2 aliphatic heterocycles. The number of aliphatic hydroxyl groups is 6. The fraction of sp³-hybridized carbons (Fsp3) is 0.444. The molecule has 10 atom stereocenters. The maximum absolute atomic E-state index is 13.9. The van der Waals surface area contributed by atoms with Crippen LogP contribution in [0, 0.1) is 23.3 Å². The monoisotopic (exact) mass is 672 g/mol. The van der Waals surface area contributed by atoms with Crippen LogP contribution in [0.1, 0.15) is 12.1 Å². The van der Waals surface area contributed by atoms with E-state index in [9.17, 15) is 48.2 Å². The third-order valence-electron chi connectivity index (χ3n) is 8.00. The molecule has 0 aliphatic carbocycles. The summed E-state index contributed by atoms with van der Waals surface area (Å²) in [5.74, 6) is -5.02. The zero-order chi connectivity index (χ0) is 33.0. The number of benzene rings is 1. The summed E-state index contributed by atoms with van der Waals surface area (Å²) in [7, 11) is 1.46. The Hall–Kier alpha value is -3.40. The highest BCUT2D eigenvalue weighted by Gasteiger charge is 2.51. The van der Waals surface area contributed by atoms with Gasteiger partial charge in [-0.3, -0.25) is 14.3 Å². The molecule has 5 heterocycles. The minimum absolute atomic E-state index is 0.0142. The van der Waals surface area contributed by atoms with Gasteiger partial charge in [0.2, 0.25) is 0 Å². The third kappa shape index (κ3) is 5.71. The van der Waals surface area contributed by atoms with Gasteiger partial charge in [0.25, 0.3) is 0 Å². The summed E-state index contributed by atoms with van der Waals surface area (Å²) in [6.45, 7) is -0.693. The van der Waals surface area contributed by atoms with Gasteiger partial charge >= 0.3 is 0 Å². The van der Waals surface area contributed by atoms with Gasteiger partial charge in [0.15, 0.2) is 23.7 Å². The number of aliphatic hydroxyl groups excluding tert-OH is 6. The molecule has 19 heteroatoms. The van der Waals surface area contributed by atoms with E-state index in [0.29, 0.717) is 11.8 Å². The predicted molar refractivity (Wildman–Crippen MR) is 148 cm³/mol. The molecule has 2 saturated heterocycles. The van der Waals surface area contributed by atoms with E-state index in [1.807, 2.05) is 0 Å². The quantitative estimate of drug-likeness (QED) is 0.114. The Bertz CT molecular complexity index is 1670. The Balaban J connectivity index is 1.23. The average molecular weight is 673 g/mol. The van der Waals surface area contributed by atoms with Crippen molar-refractivity contribution in [1.82, 2.24) is 29.3 Å². The molecule has 6 rings (SSSR count). The number of hydrogen-bond donors (Lipinski definition) is 6. The number of nitrogens with zero attached hydrogens (tertiary/aromatic N) is 6. The highest BCUT2D eigenvalue weighted by molar-refractivity contribution is 8.00. The van der Waals surface area contributed by atoms with Crippen LogP contribution in [-0.4, -0.2) is 114 Å². The van der Waals surface area contributed by atoms with Crippen molar-refractivity contribution in [3.63, 3.8) is 0 Å². The zero-order valence-corrected chi connectivity index (χ0v) is 24.4. The Labute approximate surface area is 261 Å². The maximum Gasteiger partial charge on any atom is 0.194 e. The van der Waals surface area contributed by atoms with Crippen LogP contribution in [0.2, 0.25) is 0 Å². The molecule has 0 radical (unpaired) electrons. The van der Waals surface area contributed by atoms with E-state index in [-0.39, 0.29) is 22.6 Å². The first-order valence-corrected chi connectivity index (χ1v) is 14.7. The van der Waals surface area contributed by atoms with Crippen LogP contribution in [0.25, 0.3) is 22.6 Å². The van der Waals surface area contributed by atoms with Gasteiger partial charge in [-0.2, -0.15) is 0 Å². The van der Waals surface area contributed by atoms with E-state index in [0.717, 1.165) is 29.1 Å². The van der Waals surface area contributed by atoms with Crippen LogP contribution in [0.3, 0.4) is 0 Å². The van der Waals surface area contributed by atoms with Crippen LogP contribution in [0.15, 0.2) is 42.9 Å². The van der Waals surface area contributed by atoms with Crippen LogP contribution >= 0.6 is 11.8 Å². The third-order valence-corrected chi connectivity index (χ3v) is 9.32. The summed E-state index contributed by atoms with van der Waals surface area (Å²) >= 11 is 0.687. The van der Waals surface area contributed by atoms with Gasteiger partial charge in [0.1, 0.15) is 65.0 Å². The molecule has 4 aromatic rings. The highest BCUT2D eigenvalue weighted by atomic mass is 32.2.